The molecule has 2 aliphatic rings. The van der Waals surface area contributed by atoms with Gasteiger partial charge in [0.1, 0.15) is 24.2 Å². The maximum absolute atomic E-state index is 8.63. The predicted octanol–water partition coefficient (Wildman–Crippen LogP) is 6.11. The topological polar surface area (TPSA) is 42.0 Å². The van der Waals surface area contributed by atoms with Gasteiger partial charge in [0, 0.05) is 0 Å². The summed E-state index contributed by atoms with van der Waals surface area (Å²) < 4.78 is 10.4. The van der Waals surface area contributed by atoms with Gasteiger partial charge in [-0.1, -0.05) is 84.9 Å². The molecule has 1 N–H and O–H groups in total. The first-order chi connectivity index (χ1) is 15.3. The minimum atomic E-state index is 0.322. The summed E-state index contributed by atoms with van der Waals surface area (Å²) in [6.45, 7) is 1.54. The highest BCUT2D eigenvalue weighted by atomic mass is 16.6. The van der Waals surface area contributed by atoms with Crippen molar-refractivity contribution in [2.45, 2.75) is 12.5 Å². The van der Waals surface area contributed by atoms with Crippen molar-refractivity contribution in [2.75, 3.05) is 13.2 Å². The van der Waals surface area contributed by atoms with Gasteiger partial charge in [-0.15, -0.1) is 0 Å². The van der Waals surface area contributed by atoms with Crippen LogP contribution in [-0.4, -0.2) is 24.4 Å². The summed E-state index contributed by atoms with van der Waals surface area (Å²) >= 11 is 0. The van der Waals surface area contributed by atoms with E-state index in [9.17, 15) is 0 Å². The zero-order chi connectivity index (χ0) is 21.3. The van der Waals surface area contributed by atoms with Crippen LogP contribution in [0, 0.1) is 0 Å². The summed E-state index contributed by atoms with van der Waals surface area (Å²) in [5.41, 5.74) is 5.75. The zero-order valence-corrected chi connectivity index (χ0v) is 17.4. The third-order valence-electron chi connectivity index (χ3n) is 5.04. The summed E-state index contributed by atoms with van der Waals surface area (Å²) in [5.74, 6) is 1.24. The minimum Gasteiger partial charge on any atom is -0.508 e. The fraction of sp³-hybridized carbons (Fsp3) is 0.143. The van der Waals surface area contributed by atoms with E-state index in [0.717, 1.165) is 18.8 Å². The molecule has 31 heavy (non-hydrogen) atoms. The highest BCUT2D eigenvalue weighted by Crippen LogP contribution is 2.35. The maximum atomic E-state index is 8.63. The Balaban J connectivity index is 0.000000117. The zero-order valence-electron chi connectivity index (χ0n) is 17.4. The number of para-hydroxylation sites is 2. The molecule has 0 amide bonds. The molecular weight excluding hydrogens is 384 g/mol. The predicted molar refractivity (Wildman–Crippen MR) is 124 cm³/mol. The molecule has 1 saturated heterocycles. The quantitative estimate of drug-likeness (QED) is 0.365. The monoisotopic (exact) mass is 410 g/mol. The molecule has 1 aliphatic heterocycles. The van der Waals surface area contributed by atoms with Crippen molar-refractivity contribution < 1.29 is 14.6 Å². The van der Waals surface area contributed by atoms with E-state index in [1.165, 1.54) is 22.3 Å². The summed E-state index contributed by atoms with van der Waals surface area (Å²) in [6, 6.07) is 35.8. The number of hydrogen-bond donors (Lipinski definition) is 1. The first-order valence-corrected chi connectivity index (χ1v) is 10.5. The second-order valence-electron chi connectivity index (χ2n) is 7.41. The number of aromatic hydroxyl groups is 1. The van der Waals surface area contributed by atoms with Crippen molar-refractivity contribution in [3.63, 3.8) is 0 Å². The van der Waals surface area contributed by atoms with Crippen molar-refractivity contribution in [1.82, 2.24) is 0 Å². The van der Waals surface area contributed by atoms with Gasteiger partial charge in [0.05, 0.1) is 6.61 Å². The molecule has 4 aromatic carbocycles. The Morgan fingerprint density at radius 3 is 1.65 bits per heavy atom. The van der Waals surface area contributed by atoms with Gasteiger partial charge >= 0.3 is 0 Å². The average molecular weight is 411 g/mol. The van der Waals surface area contributed by atoms with E-state index in [0.29, 0.717) is 18.5 Å². The molecule has 0 bridgehead atoms. The van der Waals surface area contributed by atoms with Crippen LogP contribution in [0.25, 0.3) is 11.1 Å². The van der Waals surface area contributed by atoms with E-state index in [1.54, 1.807) is 24.3 Å². The lowest BCUT2D eigenvalue weighted by molar-refractivity contribution is 0.263. The smallest absolute Gasteiger partial charge is 0.119 e. The molecule has 0 aromatic heterocycles. The lowest BCUT2D eigenvalue weighted by Gasteiger charge is -2.01. The van der Waals surface area contributed by atoms with E-state index >= 15 is 0 Å². The number of ether oxygens (including phenoxy) is 2. The van der Waals surface area contributed by atoms with Crippen LogP contribution in [0.15, 0.2) is 109 Å². The normalized spacial score (nSPS) is 14.6. The van der Waals surface area contributed by atoms with E-state index in [-0.39, 0.29) is 0 Å². The molecule has 1 heterocycles. The second-order valence-corrected chi connectivity index (χ2v) is 7.41. The van der Waals surface area contributed by atoms with Gasteiger partial charge in [-0.25, -0.2) is 0 Å². The van der Waals surface area contributed by atoms with E-state index < -0.39 is 0 Å². The lowest BCUT2D eigenvalue weighted by atomic mass is 10.1. The SMILES string of the molecule is Oc1ccccc1.c1ccc(OCC2CO2)cc1.c1ccc2c(c1)Cc1ccccc1-2. The molecule has 0 saturated carbocycles. The van der Waals surface area contributed by atoms with Gasteiger partial charge in [0.25, 0.3) is 0 Å². The Kier molecular flexibility index (Phi) is 6.99. The average Bonchev–Trinajstić information content (AvgIpc) is 3.58. The highest BCUT2D eigenvalue weighted by Gasteiger charge is 2.22. The van der Waals surface area contributed by atoms with Crippen molar-refractivity contribution in [3.8, 4) is 22.6 Å². The molecule has 0 spiro atoms. The van der Waals surface area contributed by atoms with Crippen LogP contribution in [0.1, 0.15) is 11.1 Å². The van der Waals surface area contributed by atoms with Gasteiger partial charge in [-0.05, 0) is 52.9 Å². The Morgan fingerprint density at radius 1 is 0.677 bits per heavy atom. The number of phenols is 1. The van der Waals surface area contributed by atoms with Gasteiger partial charge in [-0.3, -0.25) is 0 Å². The van der Waals surface area contributed by atoms with Crippen LogP contribution in [0.3, 0.4) is 0 Å². The number of hydrogen-bond acceptors (Lipinski definition) is 3. The largest absolute Gasteiger partial charge is 0.508 e. The van der Waals surface area contributed by atoms with Crippen LogP contribution in [0.4, 0.5) is 0 Å². The number of fused-ring (bicyclic) bond motifs is 3. The van der Waals surface area contributed by atoms with Crippen molar-refractivity contribution in [3.05, 3.63) is 120 Å². The van der Waals surface area contributed by atoms with Crippen LogP contribution in [-0.2, 0) is 11.2 Å². The van der Waals surface area contributed by atoms with Crippen molar-refractivity contribution >= 4 is 0 Å². The molecule has 1 fully saturated rings. The number of benzene rings is 4. The summed E-state index contributed by atoms with van der Waals surface area (Å²) in [5, 5.41) is 8.63. The Morgan fingerprint density at radius 2 is 1.16 bits per heavy atom. The first-order valence-electron chi connectivity index (χ1n) is 10.5. The molecule has 3 nitrogen and oxygen atoms in total. The fourth-order valence-electron chi connectivity index (χ4n) is 3.38. The van der Waals surface area contributed by atoms with Crippen LogP contribution in [0.5, 0.6) is 11.5 Å². The van der Waals surface area contributed by atoms with E-state index in [2.05, 4.69) is 48.5 Å². The van der Waals surface area contributed by atoms with E-state index in [4.69, 9.17) is 14.6 Å². The highest BCUT2D eigenvalue weighted by molar-refractivity contribution is 5.76. The molecule has 4 aromatic rings. The van der Waals surface area contributed by atoms with Crippen molar-refractivity contribution in [1.29, 1.82) is 0 Å². The summed E-state index contributed by atoms with van der Waals surface area (Å²) in [7, 11) is 0. The Hall–Kier alpha value is -3.56. The number of rotatable bonds is 3. The third kappa shape index (κ3) is 6.21. The molecule has 1 aliphatic carbocycles. The molecule has 6 rings (SSSR count). The number of epoxide rings is 1. The van der Waals surface area contributed by atoms with Gasteiger partial charge in [0.15, 0.2) is 0 Å². The molecule has 156 valence electrons. The van der Waals surface area contributed by atoms with Crippen LogP contribution >= 0.6 is 0 Å². The Bertz CT molecular complexity index is 1030. The lowest BCUT2D eigenvalue weighted by Crippen LogP contribution is -2.03. The minimum absolute atomic E-state index is 0.322. The third-order valence-corrected chi connectivity index (χ3v) is 5.04. The van der Waals surface area contributed by atoms with Crippen LogP contribution < -0.4 is 4.74 Å². The summed E-state index contributed by atoms with van der Waals surface area (Å²) in [6.07, 6.45) is 1.45. The molecule has 3 heteroatoms. The molecule has 1 unspecified atom stereocenters. The standard InChI is InChI=1S/C13H10.C9H10O2.C6H6O/c1-3-7-12-10(5-1)9-11-6-2-4-8-13(11)12;1-2-4-8(5-3-1)10-6-9-7-11-9;7-6-4-2-1-3-5-6/h1-8H,9H2;1-5,9H,6-7H2;1-5,7H. The maximum Gasteiger partial charge on any atom is 0.119 e. The van der Waals surface area contributed by atoms with Crippen LogP contribution in [0.2, 0.25) is 0 Å². The van der Waals surface area contributed by atoms with Gasteiger partial charge in [0.2, 0.25) is 0 Å². The molecule has 1 atom stereocenters. The molecule has 0 radical (unpaired) electrons. The fourth-order valence-corrected chi connectivity index (χ4v) is 3.38. The Labute approximate surface area is 183 Å². The second kappa shape index (κ2) is 10.5. The van der Waals surface area contributed by atoms with Gasteiger partial charge in [-0.2, -0.15) is 0 Å². The first kappa shape index (κ1) is 20.7. The number of phenolic OH excluding ortho intramolecular Hbond substituents is 1. The molecular formula is C28H26O3. The van der Waals surface area contributed by atoms with E-state index in [1.807, 2.05) is 36.4 Å². The summed E-state index contributed by atoms with van der Waals surface area (Å²) in [4.78, 5) is 0. The van der Waals surface area contributed by atoms with Crippen molar-refractivity contribution in [2.24, 2.45) is 0 Å². The van der Waals surface area contributed by atoms with Gasteiger partial charge < -0.3 is 14.6 Å².